The largest absolute Gasteiger partial charge is 0.467 e. The minimum Gasteiger partial charge on any atom is -0.467 e. The number of nitrogens with one attached hydrogen (secondary N) is 1. The number of oxazole rings is 1. The van der Waals surface area contributed by atoms with E-state index in [0.29, 0.717) is 19.0 Å². The van der Waals surface area contributed by atoms with Crippen LogP contribution in [0.25, 0.3) is 10.8 Å². The molecule has 1 N–H and O–H groups in total. The molecule has 0 saturated carbocycles. The third-order valence-corrected chi connectivity index (χ3v) is 5.19. The number of nitrogens with zero attached hydrogens (tertiary/aromatic N) is 2. The van der Waals surface area contributed by atoms with Crippen LogP contribution in [0.1, 0.15) is 24.3 Å². The molecule has 6 nitrogen and oxygen atoms in total. The Bertz CT molecular complexity index is 811. The second kappa shape index (κ2) is 7.25. The second-order valence-corrected chi connectivity index (χ2v) is 6.99. The molecule has 0 radical (unpaired) electrons. The van der Waals surface area contributed by atoms with Gasteiger partial charge >= 0.3 is 0 Å². The average molecular weight is 357 g/mol. The minimum absolute atomic E-state index is 0.0378. The van der Waals surface area contributed by atoms with Crippen LogP contribution in [0.2, 0.25) is 0 Å². The van der Waals surface area contributed by atoms with Crippen molar-refractivity contribution >= 4 is 17.2 Å². The molecule has 130 valence electrons. The summed E-state index contributed by atoms with van der Waals surface area (Å²) in [4.78, 5) is 20.2. The van der Waals surface area contributed by atoms with Crippen LogP contribution in [0.5, 0.6) is 0 Å². The number of amides is 1. The fraction of sp³-hybridized carbons (Fsp3) is 0.333. The zero-order chi connectivity index (χ0) is 17.1. The summed E-state index contributed by atoms with van der Waals surface area (Å²) in [7, 11) is 0. The van der Waals surface area contributed by atoms with Crippen molar-refractivity contribution in [2.75, 3.05) is 6.54 Å². The molecule has 3 aromatic rings. The van der Waals surface area contributed by atoms with Gasteiger partial charge in [-0.1, -0.05) is 6.07 Å². The Labute approximate surface area is 149 Å². The summed E-state index contributed by atoms with van der Waals surface area (Å²) in [5.74, 6) is 1.44. The molecule has 0 spiro atoms. The first kappa shape index (κ1) is 16.1. The van der Waals surface area contributed by atoms with Gasteiger partial charge in [-0.15, -0.1) is 11.3 Å². The van der Waals surface area contributed by atoms with Crippen molar-refractivity contribution in [3.05, 3.63) is 53.6 Å². The third kappa shape index (κ3) is 3.67. The van der Waals surface area contributed by atoms with E-state index >= 15 is 0 Å². The van der Waals surface area contributed by atoms with Gasteiger partial charge < -0.3 is 14.2 Å². The molecule has 1 saturated heterocycles. The average Bonchev–Trinajstić information content (AvgIpc) is 3.39. The van der Waals surface area contributed by atoms with Gasteiger partial charge in [0.1, 0.15) is 12.0 Å². The number of likely N-dealkylation sites (tertiary alicyclic amines) is 1. The van der Waals surface area contributed by atoms with Crippen LogP contribution in [-0.4, -0.2) is 28.4 Å². The van der Waals surface area contributed by atoms with E-state index in [1.807, 2.05) is 29.6 Å². The van der Waals surface area contributed by atoms with E-state index in [-0.39, 0.29) is 11.9 Å². The van der Waals surface area contributed by atoms with Gasteiger partial charge in [-0.25, -0.2) is 4.98 Å². The van der Waals surface area contributed by atoms with Gasteiger partial charge in [0, 0.05) is 6.54 Å². The van der Waals surface area contributed by atoms with Crippen LogP contribution in [0.15, 0.2) is 51.0 Å². The molecule has 1 aliphatic heterocycles. The van der Waals surface area contributed by atoms with Crippen LogP contribution in [0.4, 0.5) is 0 Å². The topological polar surface area (TPSA) is 71.5 Å². The van der Waals surface area contributed by atoms with Crippen LogP contribution in [-0.2, 0) is 17.9 Å². The Balaban J connectivity index is 1.37. The zero-order valence-electron chi connectivity index (χ0n) is 13.7. The van der Waals surface area contributed by atoms with Crippen molar-refractivity contribution in [2.45, 2.75) is 32.0 Å². The maximum absolute atomic E-state index is 12.5. The molecule has 7 heteroatoms. The van der Waals surface area contributed by atoms with Gasteiger partial charge in [0.25, 0.3) is 0 Å². The molecule has 0 aromatic carbocycles. The Morgan fingerprint density at radius 1 is 1.36 bits per heavy atom. The molecule has 4 rings (SSSR count). The molecular formula is C18H19N3O3S. The Hall–Kier alpha value is -2.38. The Morgan fingerprint density at radius 3 is 3.12 bits per heavy atom. The quantitative estimate of drug-likeness (QED) is 0.733. The number of furan rings is 1. The summed E-state index contributed by atoms with van der Waals surface area (Å²) in [6, 6.07) is 7.51. The smallest absolute Gasteiger partial charge is 0.237 e. The number of aromatic nitrogens is 1. The maximum atomic E-state index is 12.5. The molecule has 3 aromatic heterocycles. The van der Waals surface area contributed by atoms with Crippen LogP contribution in [0.3, 0.4) is 0 Å². The highest BCUT2D eigenvalue weighted by atomic mass is 32.1. The van der Waals surface area contributed by atoms with Crippen LogP contribution >= 0.6 is 11.3 Å². The lowest BCUT2D eigenvalue weighted by Crippen LogP contribution is -2.42. The molecule has 0 aliphatic carbocycles. The lowest BCUT2D eigenvalue weighted by atomic mass is 10.2. The lowest BCUT2D eigenvalue weighted by Gasteiger charge is -2.22. The Morgan fingerprint density at radius 2 is 2.32 bits per heavy atom. The lowest BCUT2D eigenvalue weighted by molar-refractivity contribution is -0.125. The van der Waals surface area contributed by atoms with Gasteiger partial charge in [-0.2, -0.15) is 0 Å². The maximum Gasteiger partial charge on any atom is 0.237 e. The van der Waals surface area contributed by atoms with Crippen molar-refractivity contribution in [1.29, 1.82) is 0 Å². The standard InChI is InChI=1S/C18H19N3O3S/c22-17(19-10-14-4-2-8-23-14)15-5-1-7-21(15)11-13-12-24-18(20-13)16-6-3-9-25-16/h2-4,6,8-9,12,15H,1,5,7,10-11H2,(H,19,22)/t15-/m0/s1. The van der Waals surface area contributed by atoms with Gasteiger partial charge in [-0.05, 0) is 43.0 Å². The fourth-order valence-corrected chi connectivity index (χ4v) is 3.77. The highest BCUT2D eigenvalue weighted by Gasteiger charge is 2.31. The fourth-order valence-electron chi connectivity index (χ4n) is 3.12. The summed E-state index contributed by atoms with van der Waals surface area (Å²) in [5, 5.41) is 4.95. The van der Waals surface area contributed by atoms with E-state index in [9.17, 15) is 4.79 Å². The number of rotatable bonds is 6. The molecule has 4 heterocycles. The first-order valence-electron chi connectivity index (χ1n) is 8.32. The van der Waals surface area contributed by atoms with Gasteiger partial charge in [0.05, 0.1) is 29.4 Å². The predicted octanol–water partition coefficient (Wildman–Crippen LogP) is 3.28. The second-order valence-electron chi connectivity index (χ2n) is 6.05. The minimum atomic E-state index is -0.128. The molecule has 0 bridgehead atoms. The van der Waals surface area contributed by atoms with Crippen molar-refractivity contribution in [2.24, 2.45) is 0 Å². The van der Waals surface area contributed by atoms with Gasteiger partial charge in [0.15, 0.2) is 0 Å². The molecule has 1 aliphatic rings. The predicted molar refractivity (Wildman–Crippen MR) is 93.8 cm³/mol. The van der Waals surface area contributed by atoms with E-state index in [0.717, 1.165) is 35.7 Å². The number of hydrogen-bond donors (Lipinski definition) is 1. The van der Waals surface area contributed by atoms with E-state index in [1.165, 1.54) is 0 Å². The van der Waals surface area contributed by atoms with Crippen molar-refractivity contribution < 1.29 is 13.6 Å². The van der Waals surface area contributed by atoms with E-state index in [4.69, 9.17) is 8.83 Å². The molecular weight excluding hydrogens is 338 g/mol. The monoisotopic (exact) mass is 357 g/mol. The zero-order valence-corrected chi connectivity index (χ0v) is 14.5. The molecule has 1 atom stereocenters. The van der Waals surface area contributed by atoms with Crippen molar-refractivity contribution in [3.8, 4) is 10.8 Å². The SMILES string of the molecule is O=C(NCc1ccco1)[C@@H]1CCCN1Cc1coc(-c2cccs2)n1. The van der Waals surface area contributed by atoms with Crippen LogP contribution < -0.4 is 5.32 Å². The van der Waals surface area contributed by atoms with Crippen molar-refractivity contribution in [3.63, 3.8) is 0 Å². The molecule has 0 unspecified atom stereocenters. The summed E-state index contributed by atoms with van der Waals surface area (Å²) in [6.45, 7) is 1.93. The van der Waals surface area contributed by atoms with E-state index < -0.39 is 0 Å². The normalized spacial score (nSPS) is 17.8. The van der Waals surface area contributed by atoms with Gasteiger partial charge in [-0.3, -0.25) is 9.69 Å². The van der Waals surface area contributed by atoms with Crippen LogP contribution in [0, 0.1) is 0 Å². The molecule has 1 amide bonds. The molecule has 1 fully saturated rings. The highest BCUT2D eigenvalue weighted by Crippen LogP contribution is 2.25. The summed E-state index contributed by atoms with van der Waals surface area (Å²) in [5.41, 5.74) is 0.856. The first-order chi connectivity index (χ1) is 12.3. The Kier molecular flexibility index (Phi) is 4.67. The third-order valence-electron chi connectivity index (χ3n) is 4.33. The number of carbonyl (C=O) groups excluding carboxylic acids is 1. The first-order valence-corrected chi connectivity index (χ1v) is 9.20. The number of thiophene rings is 1. The van der Waals surface area contributed by atoms with E-state index in [2.05, 4.69) is 15.2 Å². The van der Waals surface area contributed by atoms with Crippen molar-refractivity contribution in [1.82, 2.24) is 15.2 Å². The summed E-state index contributed by atoms with van der Waals surface area (Å²) >= 11 is 1.60. The molecule has 25 heavy (non-hydrogen) atoms. The highest BCUT2D eigenvalue weighted by molar-refractivity contribution is 7.13. The number of hydrogen-bond acceptors (Lipinski definition) is 6. The van der Waals surface area contributed by atoms with E-state index in [1.54, 1.807) is 23.9 Å². The number of carbonyl (C=O) groups is 1. The summed E-state index contributed by atoms with van der Waals surface area (Å²) in [6.07, 6.45) is 5.17. The van der Waals surface area contributed by atoms with Gasteiger partial charge in [0.2, 0.25) is 11.8 Å². The summed E-state index contributed by atoms with van der Waals surface area (Å²) < 4.78 is 10.8.